The van der Waals surface area contributed by atoms with Crippen LogP contribution in [0.2, 0.25) is 0 Å². The number of benzene rings is 4. The molecule has 2 N–H and O–H groups in total. The fourth-order valence-corrected chi connectivity index (χ4v) is 6.80. The first-order valence-corrected chi connectivity index (χ1v) is 18.8. The van der Waals surface area contributed by atoms with Crippen LogP contribution in [0.15, 0.2) is 122 Å². The summed E-state index contributed by atoms with van der Waals surface area (Å²) in [7, 11) is 0. The molecule has 4 aromatic heterocycles. The summed E-state index contributed by atoms with van der Waals surface area (Å²) in [4.78, 5) is 34.0. The van der Waals surface area contributed by atoms with Gasteiger partial charge in [-0.2, -0.15) is 33.9 Å². The number of carbonyl (C=O) groups excluding carboxylic acids is 2. The van der Waals surface area contributed by atoms with E-state index in [9.17, 15) is 22.8 Å². The molecule has 15 heteroatoms. The van der Waals surface area contributed by atoms with Gasteiger partial charge in [-0.25, -0.2) is 0 Å². The Balaban J connectivity index is 0.000000185. The number of hydrogen-bond donors (Lipinski definition) is 2. The van der Waals surface area contributed by atoms with Gasteiger partial charge in [0.1, 0.15) is 0 Å². The fraction of sp³-hybridized carbons (Fsp3) is 0.130. The van der Waals surface area contributed by atoms with Gasteiger partial charge in [-0.15, -0.1) is 0 Å². The molecule has 302 valence electrons. The van der Waals surface area contributed by atoms with Gasteiger partial charge in [-0.1, -0.05) is 48.5 Å². The Bertz CT molecular complexity index is 3000. The highest BCUT2D eigenvalue weighted by atomic mass is 19.4. The van der Waals surface area contributed by atoms with Gasteiger partial charge in [0.05, 0.1) is 64.8 Å². The van der Waals surface area contributed by atoms with E-state index in [1.807, 2.05) is 61.0 Å². The van der Waals surface area contributed by atoms with Crippen molar-refractivity contribution in [1.82, 2.24) is 29.5 Å². The maximum absolute atomic E-state index is 13.7. The number of alkyl halides is 3. The quantitative estimate of drug-likeness (QED) is 0.153. The van der Waals surface area contributed by atoms with Crippen molar-refractivity contribution >= 4 is 44.7 Å². The van der Waals surface area contributed by atoms with Crippen LogP contribution in [0.4, 0.5) is 24.5 Å². The van der Waals surface area contributed by atoms with Gasteiger partial charge in [-0.05, 0) is 91.2 Å². The van der Waals surface area contributed by atoms with E-state index in [0.29, 0.717) is 39.6 Å². The first kappa shape index (κ1) is 41.0. The molecule has 12 nitrogen and oxygen atoms in total. The molecule has 0 saturated heterocycles. The number of nitrogens with one attached hydrogen (secondary N) is 2. The third-order valence-corrected chi connectivity index (χ3v) is 10.0. The van der Waals surface area contributed by atoms with Crippen LogP contribution in [0.25, 0.3) is 21.5 Å². The van der Waals surface area contributed by atoms with Crippen molar-refractivity contribution < 1.29 is 22.8 Å². The van der Waals surface area contributed by atoms with Crippen molar-refractivity contribution in [2.45, 2.75) is 40.0 Å². The Morgan fingerprint density at radius 2 is 1.07 bits per heavy atom. The van der Waals surface area contributed by atoms with Gasteiger partial charge >= 0.3 is 6.18 Å². The second-order valence-corrected chi connectivity index (χ2v) is 14.0. The van der Waals surface area contributed by atoms with E-state index in [2.05, 4.69) is 36.9 Å². The minimum absolute atomic E-state index is 0.0520. The third-order valence-electron chi connectivity index (χ3n) is 10.0. The summed E-state index contributed by atoms with van der Waals surface area (Å²) in [6.07, 6.45) is 1.77. The number of nitrogens with zero attached hydrogens (tertiary/aromatic N) is 8. The second-order valence-electron chi connectivity index (χ2n) is 14.0. The lowest BCUT2D eigenvalue weighted by atomic mass is 10.1. The SMILES string of the molecule is Cc1c(NC(=O)c2cccc3cnccc23)c(C(F)(F)F)nn1Cc1ccc(C#N)cc1.Cc1nn(Cc2ccc(C#N)cc2)c(C)c1NC(=O)c1cccc2cnccc12. The summed E-state index contributed by atoms with van der Waals surface area (Å²) in [5.41, 5.74) is 4.57. The lowest BCUT2D eigenvalue weighted by Gasteiger charge is -2.11. The summed E-state index contributed by atoms with van der Waals surface area (Å²) in [5, 5.41) is 34.6. The molecular formula is C46H35F3N10O2. The van der Waals surface area contributed by atoms with Crippen LogP contribution in [0.1, 0.15) is 65.7 Å². The molecule has 0 aliphatic heterocycles. The number of carbonyl (C=O) groups is 2. The molecule has 0 bridgehead atoms. The third kappa shape index (κ3) is 8.96. The number of anilines is 2. The van der Waals surface area contributed by atoms with Gasteiger partial charge in [0.15, 0.2) is 5.69 Å². The van der Waals surface area contributed by atoms with Crippen molar-refractivity contribution in [1.29, 1.82) is 10.5 Å². The molecule has 0 saturated carbocycles. The average molecular weight is 817 g/mol. The summed E-state index contributed by atoms with van der Waals surface area (Å²) in [6, 6.07) is 32.0. The molecule has 0 spiro atoms. The van der Waals surface area contributed by atoms with Gasteiger partial charge in [-0.3, -0.25) is 28.9 Å². The van der Waals surface area contributed by atoms with Gasteiger partial charge in [0.25, 0.3) is 11.8 Å². The second kappa shape index (κ2) is 17.4. The van der Waals surface area contributed by atoms with Crippen LogP contribution < -0.4 is 10.6 Å². The van der Waals surface area contributed by atoms with Crippen LogP contribution in [-0.2, 0) is 19.3 Å². The molecule has 4 aromatic carbocycles. The van der Waals surface area contributed by atoms with E-state index in [4.69, 9.17) is 10.5 Å². The normalized spacial score (nSPS) is 11.0. The summed E-state index contributed by atoms with van der Waals surface area (Å²) >= 11 is 0. The van der Waals surface area contributed by atoms with E-state index in [0.717, 1.165) is 33.4 Å². The molecule has 8 aromatic rings. The Kier molecular flexibility index (Phi) is 11.7. The molecule has 0 aliphatic carbocycles. The topological polar surface area (TPSA) is 167 Å². The molecule has 61 heavy (non-hydrogen) atoms. The minimum Gasteiger partial charge on any atom is -0.319 e. The number of rotatable bonds is 8. The number of hydrogen-bond acceptors (Lipinski definition) is 8. The Morgan fingerprint density at radius 3 is 1.52 bits per heavy atom. The van der Waals surface area contributed by atoms with Crippen molar-refractivity contribution in [2.24, 2.45) is 0 Å². The summed E-state index contributed by atoms with van der Waals surface area (Å²) in [5.74, 6) is -0.848. The van der Waals surface area contributed by atoms with Crippen LogP contribution in [-0.4, -0.2) is 41.3 Å². The largest absolute Gasteiger partial charge is 0.437 e. The number of nitriles is 2. The average Bonchev–Trinajstić information content (AvgIpc) is 3.72. The maximum Gasteiger partial charge on any atom is 0.437 e. The van der Waals surface area contributed by atoms with Crippen LogP contribution in [0.5, 0.6) is 0 Å². The highest BCUT2D eigenvalue weighted by Gasteiger charge is 2.39. The van der Waals surface area contributed by atoms with Gasteiger partial charge < -0.3 is 10.6 Å². The van der Waals surface area contributed by atoms with E-state index < -0.39 is 17.8 Å². The number of pyridine rings is 2. The number of aromatic nitrogens is 6. The van der Waals surface area contributed by atoms with Crippen LogP contribution in [0, 0.1) is 43.4 Å². The van der Waals surface area contributed by atoms with Crippen molar-refractivity contribution in [3.05, 3.63) is 178 Å². The van der Waals surface area contributed by atoms with E-state index in [1.54, 1.807) is 79.3 Å². The molecule has 4 heterocycles. The molecule has 0 fully saturated rings. The Morgan fingerprint density at radius 1 is 0.623 bits per heavy atom. The standard InChI is InChI=1S/C23H16F3N5O.C23H19N5O/c1-14-20(29-22(32)19-4-2-3-17-12-28-10-9-18(17)19)21(23(24,25)26)30-31(14)13-16-7-5-15(11-27)6-8-16;1-15-22(16(2)28(27-15)14-18-8-6-17(12-24)7-9-18)26-23(29)21-5-3-4-19-13-25-11-10-20(19)21/h2-10,12H,13H2,1H3,(H,29,32);3-11,13H,14H2,1-2H3,(H,26,29). The van der Waals surface area contributed by atoms with E-state index >= 15 is 0 Å². The number of fused-ring (bicyclic) bond motifs is 2. The molecule has 0 unspecified atom stereocenters. The summed E-state index contributed by atoms with van der Waals surface area (Å²) < 4.78 is 44.2. The van der Waals surface area contributed by atoms with Crippen molar-refractivity contribution in [2.75, 3.05) is 10.6 Å². The molecule has 8 rings (SSSR count). The predicted molar refractivity (Wildman–Crippen MR) is 224 cm³/mol. The Hall–Kier alpha value is -8.17. The lowest BCUT2D eigenvalue weighted by molar-refractivity contribution is -0.140. The zero-order chi connectivity index (χ0) is 43.3. The highest BCUT2D eigenvalue weighted by Crippen LogP contribution is 2.36. The maximum atomic E-state index is 13.7. The fourth-order valence-electron chi connectivity index (χ4n) is 6.80. The van der Waals surface area contributed by atoms with Crippen LogP contribution in [0.3, 0.4) is 0 Å². The molecule has 0 aliphatic rings. The van der Waals surface area contributed by atoms with Crippen LogP contribution >= 0.6 is 0 Å². The summed E-state index contributed by atoms with van der Waals surface area (Å²) in [6.45, 7) is 5.90. The first-order chi connectivity index (χ1) is 29.3. The first-order valence-electron chi connectivity index (χ1n) is 18.8. The van der Waals surface area contributed by atoms with Gasteiger partial charge in [0.2, 0.25) is 0 Å². The number of amides is 2. The van der Waals surface area contributed by atoms with E-state index in [-0.39, 0.29) is 29.4 Å². The minimum atomic E-state index is -4.76. The predicted octanol–water partition coefficient (Wildman–Crippen LogP) is 9.15. The molecule has 0 radical (unpaired) electrons. The molecule has 0 atom stereocenters. The smallest absolute Gasteiger partial charge is 0.319 e. The monoisotopic (exact) mass is 816 g/mol. The van der Waals surface area contributed by atoms with Crippen molar-refractivity contribution in [3.8, 4) is 12.1 Å². The molecular weight excluding hydrogens is 782 g/mol. The zero-order valence-electron chi connectivity index (χ0n) is 33.0. The Labute approximate surface area is 347 Å². The number of halogens is 3. The van der Waals surface area contributed by atoms with E-state index in [1.165, 1.54) is 17.8 Å². The van der Waals surface area contributed by atoms with Crippen molar-refractivity contribution in [3.63, 3.8) is 0 Å². The highest BCUT2D eigenvalue weighted by molar-refractivity contribution is 6.14. The molecule has 2 amide bonds. The number of aryl methyl sites for hydroxylation is 1. The van der Waals surface area contributed by atoms with Gasteiger partial charge in [0, 0.05) is 46.7 Å². The lowest BCUT2D eigenvalue weighted by Crippen LogP contribution is -2.17. The zero-order valence-corrected chi connectivity index (χ0v) is 33.0.